The van der Waals surface area contributed by atoms with Crippen LogP contribution in [0.25, 0.3) is 11.0 Å². The van der Waals surface area contributed by atoms with Gasteiger partial charge in [-0.05, 0) is 43.7 Å². The molecule has 8 nitrogen and oxygen atoms in total. The van der Waals surface area contributed by atoms with Gasteiger partial charge in [0.1, 0.15) is 22.8 Å². The highest BCUT2D eigenvalue weighted by Crippen LogP contribution is 2.43. The number of aromatic nitrogens is 1. The van der Waals surface area contributed by atoms with E-state index < -0.39 is 17.9 Å². The second-order valence-electron chi connectivity index (χ2n) is 8.05. The number of para-hydroxylation sites is 1. The molecule has 9 heteroatoms. The van der Waals surface area contributed by atoms with Gasteiger partial charge in [-0.25, -0.2) is 9.78 Å². The lowest BCUT2D eigenvalue weighted by Crippen LogP contribution is -2.29. The van der Waals surface area contributed by atoms with E-state index in [0.717, 1.165) is 11.3 Å². The SMILES string of the molecule is C=CCOC(=O)c1sc(N2C(=O)c3oc4ccccc4c(=O)c3C2c2ccc(OCC)cc2)nc1C. The average Bonchev–Trinajstić information content (AvgIpc) is 3.41. The third-order valence-electron chi connectivity index (χ3n) is 5.79. The van der Waals surface area contributed by atoms with Gasteiger partial charge in [0.05, 0.1) is 29.3 Å². The predicted molar refractivity (Wildman–Crippen MR) is 136 cm³/mol. The highest BCUT2D eigenvalue weighted by Gasteiger charge is 2.45. The monoisotopic (exact) mass is 502 g/mol. The van der Waals surface area contributed by atoms with E-state index in [1.807, 2.05) is 6.92 Å². The highest BCUT2D eigenvalue weighted by molar-refractivity contribution is 7.17. The number of ether oxygens (including phenoxy) is 2. The molecule has 0 spiro atoms. The van der Waals surface area contributed by atoms with Crippen molar-refractivity contribution in [3.8, 4) is 5.75 Å². The molecule has 0 fully saturated rings. The molecule has 3 heterocycles. The van der Waals surface area contributed by atoms with Gasteiger partial charge >= 0.3 is 5.97 Å². The Bertz CT molecular complexity index is 1550. The molecule has 0 bridgehead atoms. The summed E-state index contributed by atoms with van der Waals surface area (Å²) < 4.78 is 16.7. The minimum Gasteiger partial charge on any atom is -0.494 e. The number of thiazole rings is 1. The molecule has 0 aliphatic carbocycles. The number of carbonyl (C=O) groups is 2. The predicted octanol–water partition coefficient (Wildman–Crippen LogP) is 5.05. The van der Waals surface area contributed by atoms with Crippen LogP contribution in [-0.2, 0) is 4.74 Å². The third kappa shape index (κ3) is 3.87. The molecule has 4 aromatic rings. The van der Waals surface area contributed by atoms with E-state index in [9.17, 15) is 14.4 Å². The van der Waals surface area contributed by atoms with Crippen LogP contribution in [0.4, 0.5) is 5.13 Å². The molecule has 182 valence electrons. The van der Waals surface area contributed by atoms with Crippen LogP contribution in [0, 0.1) is 6.92 Å². The van der Waals surface area contributed by atoms with Gasteiger partial charge in [-0.2, -0.15) is 0 Å². The summed E-state index contributed by atoms with van der Waals surface area (Å²) in [6, 6.07) is 13.2. The second kappa shape index (κ2) is 9.43. The zero-order valence-electron chi connectivity index (χ0n) is 19.6. The molecule has 1 unspecified atom stereocenters. The Morgan fingerprint density at radius 2 is 1.94 bits per heavy atom. The summed E-state index contributed by atoms with van der Waals surface area (Å²) in [6.45, 7) is 7.67. The van der Waals surface area contributed by atoms with E-state index in [-0.39, 0.29) is 33.4 Å². The van der Waals surface area contributed by atoms with Gasteiger partial charge in [0, 0.05) is 0 Å². The topological polar surface area (TPSA) is 98.9 Å². The summed E-state index contributed by atoms with van der Waals surface area (Å²) in [4.78, 5) is 46.1. The summed E-state index contributed by atoms with van der Waals surface area (Å²) in [6.07, 6.45) is 1.47. The molecule has 0 saturated heterocycles. The number of anilines is 1. The maximum atomic E-state index is 13.7. The number of nitrogens with zero attached hydrogens (tertiary/aromatic N) is 2. The van der Waals surface area contributed by atoms with E-state index in [4.69, 9.17) is 13.9 Å². The van der Waals surface area contributed by atoms with Crippen molar-refractivity contribution in [1.29, 1.82) is 0 Å². The van der Waals surface area contributed by atoms with E-state index in [1.54, 1.807) is 55.5 Å². The maximum Gasteiger partial charge on any atom is 0.350 e. The Hall–Kier alpha value is -4.24. The van der Waals surface area contributed by atoms with Crippen molar-refractivity contribution in [2.24, 2.45) is 0 Å². The molecule has 1 aliphatic heterocycles. The van der Waals surface area contributed by atoms with Crippen LogP contribution < -0.4 is 15.1 Å². The fourth-order valence-electron chi connectivity index (χ4n) is 4.22. The molecule has 2 aromatic carbocycles. The van der Waals surface area contributed by atoms with Gasteiger partial charge in [0.2, 0.25) is 5.76 Å². The molecule has 5 rings (SSSR count). The molecule has 1 aliphatic rings. The molecule has 0 saturated carbocycles. The summed E-state index contributed by atoms with van der Waals surface area (Å²) in [7, 11) is 0. The minimum absolute atomic E-state index is 0.0405. The van der Waals surface area contributed by atoms with Crippen molar-refractivity contribution in [1.82, 2.24) is 4.98 Å². The van der Waals surface area contributed by atoms with Gasteiger partial charge in [-0.3, -0.25) is 14.5 Å². The molecule has 2 aromatic heterocycles. The van der Waals surface area contributed by atoms with Gasteiger partial charge in [-0.1, -0.05) is 48.3 Å². The zero-order valence-corrected chi connectivity index (χ0v) is 20.5. The molecular weight excluding hydrogens is 480 g/mol. The Balaban J connectivity index is 1.68. The number of carbonyl (C=O) groups excluding carboxylic acids is 2. The van der Waals surface area contributed by atoms with Crippen molar-refractivity contribution in [2.45, 2.75) is 19.9 Å². The van der Waals surface area contributed by atoms with Crippen LogP contribution >= 0.6 is 11.3 Å². The van der Waals surface area contributed by atoms with Gasteiger partial charge in [-0.15, -0.1) is 0 Å². The van der Waals surface area contributed by atoms with Crippen molar-refractivity contribution < 1.29 is 23.5 Å². The van der Waals surface area contributed by atoms with Crippen LogP contribution in [0.2, 0.25) is 0 Å². The number of esters is 1. The number of benzene rings is 2. The first-order chi connectivity index (χ1) is 17.4. The molecule has 36 heavy (non-hydrogen) atoms. The van der Waals surface area contributed by atoms with Crippen LogP contribution in [0.15, 0.2) is 70.4 Å². The number of hydrogen-bond acceptors (Lipinski definition) is 8. The van der Waals surface area contributed by atoms with Crippen LogP contribution in [0.3, 0.4) is 0 Å². The standard InChI is InChI=1S/C27H22N2O6S/c1-4-14-34-26(32)24-15(3)28-27(36-24)29-21(16-10-12-17(13-11-16)33-5-2)20-22(30)18-8-6-7-9-19(18)35-23(20)25(29)31/h4,6-13,21H,1,5,14H2,2-3H3. The second-order valence-corrected chi connectivity index (χ2v) is 9.03. The largest absolute Gasteiger partial charge is 0.494 e. The van der Waals surface area contributed by atoms with E-state index in [2.05, 4.69) is 11.6 Å². The summed E-state index contributed by atoms with van der Waals surface area (Å²) >= 11 is 1.03. The lowest BCUT2D eigenvalue weighted by atomic mass is 9.98. The first-order valence-corrected chi connectivity index (χ1v) is 12.1. The van der Waals surface area contributed by atoms with Crippen LogP contribution in [-0.4, -0.2) is 30.1 Å². The number of fused-ring (bicyclic) bond motifs is 2. The van der Waals surface area contributed by atoms with E-state index in [0.29, 0.717) is 34.6 Å². The molecule has 1 atom stereocenters. The quantitative estimate of drug-likeness (QED) is 0.258. The van der Waals surface area contributed by atoms with Crippen molar-refractivity contribution in [3.05, 3.63) is 98.9 Å². The van der Waals surface area contributed by atoms with Crippen LogP contribution in [0.1, 0.15) is 50.0 Å². The summed E-state index contributed by atoms with van der Waals surface area (Å²) in [5.74, 6) is -0.439. The molecule has 0 radical (unpaired) electrons. The Morgan fingerprint density at radius 3 is 2.67 bits per heavy atom. The number of amides is 1. The Morgan fingerprint density at radius 1 is 1.19 bits per heavy atom. The lowest BCUT2D eigenvalue weighted by Gasteiger charge is -2.22. The molecule has 0 N–H and O–H groups in total. The highest BCUT2D eigenvalue weighted by atomic mass is 32.1. The fourth-order valence-corrected chi connectivity index (χ4v) is 5.21. The number of aryl methyl sites for hydroxylation is 1. The molecular formula is C27H22N2O6S. The minimum atomic E-state index is -0.799. The van der Waals surface area contributed by atoms with E-state index in [1.165, 1.54) is 11.0 Å². The maximum absolute atomic E-state index is 13.7. The van der Waals surface area contributed by atoms with Gasteiger partial charge in [0.25, 0.3) is 5.91 Å². The zero-order chi connectivity index (χ0) is 25.4. The van der Waals surface area contributed by atoms with E-state index >= 15 is 0 Å². The Labute approximate surface area is 210 Å². The fraction of sp³-hybridized carbons (Fsp3) is 0.185. The van der Waals surface area contributed by atoms with Crippen molar-refractivity contribution >= 4 is 39.3 Å². The van der Waals surface area contributed by atoms with Crippen LogP contribution in [0.5, 0.6) is 5.75 Å². The Kier molecular flexibility index (Phi) is 6.15. The van der Waals surface area contributed by atoms with Crippen molar-refractivity contribution in [3.63, 3.8) is 0 Å². The summed E-state index contributed by atoms with van der Waals surface area (Å²) in [5, 5.41) is 0.641. The normalized spacial score (nSPS) is 14.7. The third-order valence-corrected chi connectivity index (χ3v) is 6.93. The summed E-state index contributed by atoms with van der Waals surface area (Å²) in [5.41, 5.74) is 1.36. The van der Waals surface area contributed by atoms with Gasteiger partial charge < -0.3 is 13.9 Å². The van der Waals surface area contributed by atoms with Gasteiger partial charge in [0.15, 0.2) is 10.6 Å². The first-order valence-electron chi connectivity index (χ1n) is 11.3. The lowest BCUT2D eigenvalue weighted by molar-refractivity contribution is 0.0554. The molecule has 1 amide bonds. The number of hydrogen-bond donors (Lipinski definition) is 0. The number of rotatable bonds is 7. The first kappa shape index (κ1) is 23.5. The smallest absolute Gasteiger partial charge is 0.350 e. The average molecular weight is 503 g/mol. The van der Waals surface area contributed by atoms with Crippen molar-refractivity contribution in [2.75, 3.05) is 18.1 Å².